The first-order valence-corrected chi connectivity index (χ1v) is 2.76. The van der Waals surface area contributed by atoms with Crippen molar-refractivity contribution in [2.75, 3.05) is 6.54 Å². The van der Waals surface area contributed by atoms with Crippen LogP contribution in [0.2, 0.25) is 0 Å². The molecule has 3 nitrogen and oxygen atoms in total. The largest absolute Gasteiger partial charge is 0.254 e. The molecule has 0 saturated carbocycles. The van der Waals surface area contributed by atoms with Crippen LogP contribution >= 0.6 is 12.6 Å². The van der Waals surface area contributed by atoms with Crippen LogP contribution in [0.1, 0.15) is 6.92 Å². The fraction of sp³-hybridized carbons (Fsp3) is 0.500. The Bertz CT molecular complexity index is 133. The summed E-state index contributed by atoms with van der Waals surface area (Å²) in [6, 6.07) is 0. The molecule has 44 valence electrons. The molecule has 0 aromatic rings. The number of thiol groups is 1. The van der Waals surface area contributed by atoms with Crippen LogP contribution in [-0.4, -0.2) is 6.54 Å². The summed E-state index contributed by atoms with van der Waals surface area (Å²) in [5.41, 5.74) is 3.76. The van der Waals surface area contributed by atoms with E-state index in [1.807, 2.05) is 6.92 Å². The topological polar surface area (TPSA) is 36.8 Å². The van der Waals surface area contributed by atoms with E-state index in [0.717, 1.165) is 10.6 Å². The average Bonchev–Trinajstić information content (AvgIpc) is 1.77. The summed E-state index contributed by atoms with van der Waals surface area (Å²) in [6.07, 6.45) is 0. The Kier molecular flexibility index (Phi) is 1.53. The minimum absolute atomic E-state index is 0.672. The van der Waals surface area contributed by atoms with Gasteiger partial charge in [0.05, 0.1) is 11.6 Å². The van der Waals surface area contributed by atoms with Gasteiger partial charge in [0.15, 0.2) is 0 Å². The molecule has 0 spiro atoms. The number of hydrogen-bond acceptors (Lipinski definition) is 4. The van der Waals surface area contributed by atoms with Crippen molar-refractivity contribution in [3.05, 3.63) is 10.6 Å². The van der Waals surface area contributed by atoms with Crippen molar-refractivity contribution in [3.63, 3.8) is 0 Å². The van der Waals surface area contributed by atoms with E-state index < -0.39 is 0 Å². The van der Waals surface area contributed by atoms with Crippen molar-refractivity contribution in [1.82, 2.24) is 5.43 Å². The first kappa shape index (κ1) is 5.62. The summed E-state index contributed by atoms with van der Waals surface area (Å²) in [7, 11) is 0. The fourth-order valence-electron chi connectivity index (χ4n) is 0.394. The molecule has 0 amide bonds. The summed E-state index contributed by atoms with van der Waals surface area (Å²) in [6.45, 7) is 2.64. The highest BCUT2D eigenvalue weighted by Gasteiger charge is 1.98. The van der Waals surface area contributed by atoms with Gasteiger partial charge in [0.1, 0.15) is 0 Å². The van der Waals surface area contributed by atoms with Gasteiger partial charge < -0.3 is 0 Å². The molecule has 0 bridgehead atoms. The van der Waals surface area contributed by atoms with Crippen LogP contribution in [-0.2, 0) is 0 Å². The van der Waals surface area contributed by atoms with E-state index in [4.69, 9.17) is 0 Å². The van der Waals surface area contributed by atoms with Crippen molar-refractivity contribution in [2.24, 2.45) is 10.3 Å². The maximum Gasteiger partial charge on any atom is 0.0886 e. The van der Waals surface area contributed by atoms with E-state index >= 15 is 0 Å². The second kappa shape index (κ2) is 2.17. The molecule has 1 aliphatic heterocycles. The highest BCUT2D eigenvalue weighted by molar-refractivity contribution is 7.84. The molecular formula is C4H7N3S. The van der Waals surface area contributed by atoms with E-state index in [0.29, 0.717) is 6.54 Å². The SMILES string of the molecule is CC1=C(S)NN=NC1. The summed E-state index contributed by atoms with van der Waals surface area (Å²) in [5, 5.41) is 8.08. The molecule has 0 radical (unpaired) electrons. The van der Waals surface area contributed by atoms with Gasteiger partial charge in [-0.1, -0.05) is 5.22 Å². The molecule has 0 aromatic heterocycles. The predicted octanol–water partition coefficient (Wildman–Crippen LogP) is 1.12. The van der Waals surface area contributed by atoms with Crippen molar-refractivity contribution in [3.8, 4) is 0 Å². The lowest BCUT2D eigenvalue weighted by molar-refractivity contribution is 0.761. The van der Waals surface area contributed by atoms with E-state index in [2.05, 4.69) is 28.4 Å². The smallest absolute Gasteiger partial charge is 0.0886 e. The Hall–Kier alpha value is -0.510. The highest BCUT2D eigenvalue weighted by atomic mass is 32.1. The number of nitrogens with one attached hydrogen (secondary N) is 1. The summed E-state index contributed by atoms with van der Waals surface area (Å²) < 4.78 is 0. The van der Waals surface area contributed by atoms with Gasteiger partial charge >= 0.3 is 0 Å². The van der Waals surface area contributed by atoms with E-state index in [-0.39, 0.29) is 0 Å². The van der Waals surface area contributed by atoms with Gasteiger partial charge in [0.2, 0.25) is 0 Å². The second-order valence-corrected chi connectivity index (χ2v) is 2.09. The van der Waals surface area contributed by atoms with Crippen molar-refractivity contribution in [2.45, 2.75) is 6.92 Å². The zero-order chi connectivity index (χ0) is 5.98. The summed E-state index contributed by atoms with van der Waals surface area (Å²) in [4.78, 5) is 0. The van der Waals surface area contributed by atoms with E-state index in [1.54, 1.807) is 0 Å². The van der Waals surface area contributed by atoms with Gasteiger partial charge in [-0.05, 0) is 12.5 Å². The lowest BCUT2D eigenvalue weighted by atomic mass is 10.3. The van der Waals surface area contributed by atoms with Crippen LogP contribution in [0, 0.1) is 0 Å². The predicted molar refractivity (Wildman–Crippen MR) is 34.5 cm³/mol. The first-order chi connectivity index (χ1) is 3.80. The lowest BCUT2D eigenvalue weighted by Gasteiger charge is -2.05. The third kappa shape index (κ3) is 1.01. The molecule has 1 N–H and O–H groups in total. The zero-order valence-electron chi connectivity index (χ0n) is 4.55. The van der Waals surface area contributed by atoms with Gasteiger partial charge in [-0.25, -0.2) is 0 Å². The van der Waals surface area contributed by atoms with Gasteiger partial charge in [0, 0.05) is 0 Å². The molecule has 0 unspecified atom stereocenters. The number of nitrogens with zero attached hydrogens (tertiary/aromatic N) is 2. The molecule has 1 rings (SSSR count). The molecule has 0 aliphatic carbocycles. The Balaban J connectivity index is 2.67. The first-order valence-electron chi connectivity index (χ1n) is 2.32. The number of hydrogen-bond donors (Lipinski definition) is 2. The van der Waals surface area contributed by atoms with Gasteiger partial charge in [-0.15, -0.1) is 12.6 Å². The molecule has 0 aromatic carbocycles. The second-order valence-electron chi connectivity index (χ2n) is 1.64. The van der Waals surface area contributed by atoms with Crippen LogP contribution < -0.4 is 5.43 Å². The maximum atomic E-state index is 4.07. The molecule has 0 saturated heterocycles. The zero-order valence-corrected chi connectivity index (χ0v) is 5.44. The molecule has 0 fully saturated rings. The maximum absolute atomic E-state index is 4.07. The van der Waals surface area contributed by atoms with E-state index in [1.165, 1.54) is 0 Å². The van der Waals surface area contributed by atoms with E-state index in [9.17, 15) is 0 Å². The van der Waals surface area contributed by atoms with Crippen LogP contribution in [0.3, 0.4) is 0 Å². The van der Waals surface area contributed by atoms with Crippen LogP contribution in [0.5, 0.6) is 0 Å². The van der Waals surface area contributed by atoms with Gasteiger partial charge in [0.25, 0.3) is 0 Å². The quantitative estimate of drug-likeness (QED) is 0.472. The monoisotopic (exact) mass is 129 g/mol. The fourth-order valence-corrected chi connectivity index (χ4v) is 0.510. The van der Waals surface area contributed by atoms with Crippen LogP contribution in [0.15, 0.2) is 20.9 Å². The van der Waals surface area contributed by atoms with Crippen molar-refractivity contribution >= 4 is 12.6 Å². The standard InChI is InChI=1S/C4H7N3S/c1-3-2-5-7-6-4(3)8/h8H,2H2,1H3,(H,5,6). The van der Waals surface area contributed by atoms with Crippen molar-refractivity contribution < 1.29 is 0 Å². The Labute approximate surface area is 53.3 Å². The molecule has 4 heteroatoms. The third-order valence-corrected chi connectivity index (χ3v) is 1.42. The summed E-state index contributed by atoms with van der Waals surface area (Å²) >= 11 is 4.07. The van der Waals surface area contributed by atoms with Crippen molar-refractivity contribution in [1.29, 1.82) is 0 Å². The Morgan fingerprint density at radius 1 is 1.75 bits per heavy atom. The molecule has 1 aliphatic rings. The van der Waals surface area contributed by atoms with Gasteiger partial charge in [-0.2, -0.15) is 5.11 Å². The molecule has 1 heterocycles. The Morgan fingerprint density at radius 3 is 2.88 bits per heavy atom. The van der Waals surface area contributed by atoms with Crippen LogP contribution in [0.4, 0.5) is 0 Å². The number of rotatable bonds is 0. The molecule has 8 heavy (non-hydrogen) atoms. The lowest BCUT2D eigenvalue weighted by Crippen LogP contribution is -2.07. The normalized spacial score (nSPS) is 18.8. The summed E-state index contributed by atoms with van der Waals surface area (Å²) in [5.74, 6) is 0. The van der Waals surface area contributed by atoms with Crippen LogP contribution in [0.25, 0.3) is 0 Å². The highest BCUT2D eigenvalue weighted by Crippen LogP contribution is 2.08. The minimum Gasteiger partial charge on any atom is -0.254 e. The molecular weight excluding hydrogens is 122 g/mol. The molecule has 0 atom stereocenters. The average molecular weight is 129 g/mol. The van der Waals surface area contributed by atoms with Gasteiger partial charge in [-0.3, -0.25) is 5.43 Å². The Morgan fingerprint density at radius 2 is 2.50 bits per heavy atom. The third-order valence-electron chi connectivity index (χ3n) is 0.939. The minimum atomic E-state index is 0.672.